The van der Waals surface area contributed by atoms with Gasteiger partial charge >= 0.3 is 0 Å². The van der Waals surface area contributed by atoms with Gasteiger partial charge in [-0.1, -0.05) is 24.3 Å². The maximum Gasteiger partial charge on any atom is 0.229 e. The van der Waals surface area contributed by atoms with Crippen molar-refractivity contribution in [2.45, 2.75) is 18.9 Å². The molecule has 2 rings (SSSR count). The molecule has 2 atom stereocenters. The summed E-state index contributed by atoms with van der Waals surface area (Å²) in [6, 6.07) is 0.0734. The van der Waals surface area contributed by atoms with Gasteiger partial charge in [0, 0.05) is 19.1 Å². The zero-order chi connectivity index (χ0) is 9.97. The van der Waals surface area contributed by atoms with Crippen molar-refractivity contribution >= 4 is 5.91 Å². The van der Waals surface area contributed by atoms with E-state index in [0.717, 1.165) is 25.9 Å². The first-order valence-corrected chi connectivity index (χ1v) is 5.15. The summed E-state index contributed by atoms with van der Waals surface area (Å²) in [6.45, 7) is 1.62. The Labute approximate surface area is 84.3 Å². The van der Waals surface area contributed by atoms with Crippen LogP contribution in [-0.4, -0.2) is 29.9 Å². The number of nitrogens with zero attached hydrogens (tertiary/aromatic N) is 1. The molecule has 1 aliphatic heterocycles. The molecule has 1 heterocycles. The topological polar surface area (TPSA) is 46.3 Å². The van der Waals surface area contributed by atoms with Crippen LogP contribution in [0, 0.1) is 5.92 Å². The summed E-state index contributed by atoms with van der Waals surface area (Å²) in [5.74, 6) is 0.259. The normalized spacial score (nSPS) is 31.1. The monoisotopic (exact) mass is 192 g/mol. The van der Waals surface area contributed by atoms with Crippen molar-refractivity contribution in [3.05, 3.63) is 24.3 Å². The van der Waals surface area contributed by atoms with E-state index < -0.39 is 0 Å². The van der Waals surface area contributed by atoms with Gasteiger partial charge in [-0.25, -0.2) is 0 Å². The van der Waals surface area contributed by atoms with Crippen molar-refractivity contribution in [3.63, 3.8) is 0 Å². The third-order valence-electron chi connectivity index (χ3n) is 2.80. The van der Waals surface area contributed by atoms with Crippen LogP contribution in [0.3, 0.4) is 0 Å². The molecule has 3 nitrogen and oxygen atoms in total. The molecule has 1 aliphatic carbocycles. The highest BCUT2D eigenvalue weighted by atomic mass is 16.2. The predicted octanol–water partition coefficient (Wildman–Crippen LogP) is 0.678. The Hall–Kier alpha value is -1.09. The van der Waals surface area contributed by atoms with E-state index in [9.17, 15) is 4.79 Å². The van der Waals surface area contributed by atoms with Gasteiger partial charge in [0.1, 0.15) is 0 Å². The average Bonchev–Trinajstić information content (AvgIpc) is 2.65. The maximum atomic E-state index is 11.9. The lowest BCUT2D eigenvalue weighted by Crippen LogP contribution is -2.38. The fourth-order valence-electron chi connectivity index (χ4n) is 1.99. The van der Waals surface area contributed by atoms with E-state index in [1.54, 1.807) is 0 Å². The quantitative estimate of drug-likeness (QED) is 0.621. The third-order valence-corrected chi connectivity index (χ3v) is 2.80. The van der Waals surface area contributed by atoms with E-state index in [1.807, 2.05) is 17.1 Å². The van der Waals surface area contributed by atoms with Crippen LogP contribution in [0.15, 0.2) is 24.3 Å². The molecule has 2 aliphatic rings. The SMILES string of the molecule is NC1C=CC(C(=O)N2CC=CCC2)C1. The summed E-state index contributed by atoms with van der Waals surface area (Å²) in [5, 5.41) is 0. The van der Waals surface area contributed by atoms with Gasteiger partial charge in [0.05, 0.1) is 5.92 Å². The molecule has 2 unspecified atom stereocenters. The predicted molar refractivity (Wildman–Crippen MR) is 55.6 cm³/mol. The van der Waals surface area contributed by atoms with E-state index in [2.05, 4.69) is 12.2 Å². The van der Waals surface area contributed by atoms with Crippen LogP contribution in [0.4, 0.5) is 0 Å². The smallest absolute Gasteiger partial charge is 0.229 e. The lowest BCUT2D eigenvalue weighted by molar-refractivity contribution is -0.133. The number of carbonyl (C=O) groups excluding carboxylic acids is 1. The molecule has 0 aromatic carbocycles. The molecule has 0 spiro atoms. The summed E-state index contributed by atoms with van der Waals surface area (Å²) in [7, 11) is 0. The van der Waals surface area contributed by atoms with Gasteiger partial charge in [-0.15, -0.1) is 0 Å². The molecule has 14 heavy (non-hydrogen) atoms. The van der Waals surface area contributed by atoms with Crippen LogP contribution in [0.5, 0.6) is 0 Å². The van der Waals surface area contributed by atoms with Gasteiger partial charge in [0.25, 0.3) is 0 Å². The Morgan fingerprint density at radius 2 is 2.21 bits per heavy atom. The van der Waals surface area contributed by atoms with Crippen molar-refractivity contribution in [1.29, 1.82) is 0 Å². The van der Waals surface area contributed by atoms with Crippen molar-refractivity contribution in [2.24, 2.45) is 11.7 Å². The Bertz CT molecular complexity index is 283. The summed E-state index contributed by atoms with van der Waals surface area (Å²) >= 11 is 0. The molecular formula is C11H16N2O. The zero-order valence-electron chi connectivity index (χ0n) is 8.23. The molecule has 0 saturated carbocycles. The lowest BCUT2D eigenvalue weighted by atomic mass is 10.1. The van der Waals surface area contributed by atoms with Crippen LogP contribution < -0.4 is 5.73 Å². The molecule has 0 radical (unpaired) electrons. The van der Waals surface area contributed by atoms with Crippen molar-refractivity contribution in [2.75, 3.05) is 13.1 Å². The van der Waals surface area contributed by atoms with Crippen LogP contribution in [0.1, 0.15) is 12.8 Å². The molecule has 2 N–H and O–H groups in total. The second-order valence-corrected chi connectivity index (χ2v) is 3.94. The van der Waals surface area contributed by atoms with E-state index in [0.29, 0.717) is 0 Å². The minimum atomic E-state index is 0.0245. The summed E-state index contributed by atoms with van der Waals surface area (Å²) < 4.78 is 0. The van der Waals surface area contributed by atoms with Gasteiger partial charge in [0.15, 0.2) is 0 Å². The van der Waals surface area contributed by atoms with E-state index in [1.165, 1.54) is 0 Å². The van der Waals surface area contributed by atoms with Gasteiger partial charge < -0.3 is 10.6 Å². The zero-order valence-corrected chi connectivity index (χ0v) is 8.23. The van der Waals surface area contributed by atoms with E-state index >= 15 is 0 Å². The van der Waals surface area contributed by atoms with E-state index in [4.69, 9.17) is 5.73 Å². The Morgan fingerprint density at radius 3 is 2.79 bits per heavy atom. The van der Waals surface area contributed by atoms with Gasteiger partial charge in [-0.2, -0.15) is 0 Å². The first-order chi connectivity index (χ1) is 6.77. The first-order valence-electron chi connectivity index (χ1n) is 5.15. The highest BCUT2D eigenvalue weighted by Gasteiger charge is 2.26. The van der Waals surface area contributed by atoms with Gasteiger partial charge in [-0.3, -0.25) is 4.79 Å². The van der Waals surface area contributed by atoms with Crippen molar-refractivity contribution in [3.8, 4) is 0 Å². The standard InChI is InChI=1S/C11H16N2O/c12-10-5-4-9(8-10)11(14)13-6-2-1-3-7-13/h1-2,4-5,9-10H,3,6-8,12H2. The lowest BCUT2D eigenvalue weighted by Gasteiger charge is -2.25. The van der Waals surface area contributed by atoms with Crippen molar-refractivity contribution in [1.82, 2.24) is 4.90 Å². The maximum absolute atomic E-state index is 11.9. The number of hydrogen-bond acceptors (Lipinski definition) is 2. The molecular weight excluding hydrogens is 176 g/mol. The van der Waals surface area contributed by atoms with Crippen molar-refractivity contribution < 1.29 is 4.79 Å². The molecule has 1 amide bonds. The summed E-state index contributed by atoms with van der Waals surface area (Å²) in [6.07, 6.45) is 9.82. The number of amides is 1. The highest BCUT2D eigenvalue weighted by molar-refractivity contribution is 5.81. The van der Waals surface area contributed by atoms with Crippen LogP contribution in [0.25, 0.3) is 0 Å². The van der Waals surface area contributed by atoms with Crippen LogP contribution in [0.2, 0.25) is 0 Å². The highest BCUT2D eigenvalue weighted by Crippen LogP contribution is 2.19. The fraction of sp³-hybridized carbons (Fsp3) is 0.545. The minimum Gasteiger partial charge on any atom is -0.338 e. The van der Waals surface area contributed by atoms with Gasteiger partial charge in [-0.05, 0) is 12.8 Å². The Kier molecular flexibility index (Phi) is 2.68. The van der Waals surface area contributed by atoms with Crippen LogP contribution >= 0.6 is 0 Å². The molecule has 3 heteroatoms. The largest absolute Gasteiger partial charge is 0.338 e. The third kappa shape index (κ3) is 1.87. The molecule has 76 valence electrons. The molecule has 0 bridgehead atoms. The number of rotatable bonds is 1. The number of carbonyl (C=O) groups is 1. The second-order valence-electron chi connectivity index (χ2n) is 3.94. The number of hydrogen-bond donors (Lipinski definition) is 1. The fourth-order valence-corrected chi connectivity index (χ4v) is 1.99. The summed E-state index contributed by atoms with van der Waals surface area (Å²) in [4.78, 5) is 13.8. The van der Waals surface area contributed by atoms with E-state index in [-0.39, 0.29) is 17.9 Å². The number of nitrogens with two attached hydrogens (primary N) is 1. The molecule has 0 saturated heterocycles. The van der Waals surface area contributed by atoms with Gasteiger partial charge in [0.2, 0.25) is 5.91 Å². The minimum absolute atomic E-state index is 0.0245. The Balaban J connectivity index is 1.95. The Morgan fingerprint density at radius 1 is 1.36 bits per heavy atom. The molecule has 0 aromatic heterocycles. The molecule has 0 aromatic rings. The summed E-state index contributed by atoms with van der Waals surface area (Å²) in [5.41, 5.74) is 5.72. The molecule has 0 fully saturated rings. The second kappa shape index (κ2) is 3.96. The average molecular weight is 192 g/mol. The van der Waals surface area contributed by atoms with Crippen LogP contribution in [-0.2, 0) is 4.79 Å². The first kappa shape index (κ1) is 9.46.